The van der Waals surface area contributed by atoms with Gasteiger partial charge in [-0.1, -0.05) is 12.1 Å². The number of aliphatic hydroxyl groups is 4. The van der Waals surface area contributed by atoms with Crippen LogP contribution in [0.1, 0.15) is 5.56 Å². The maximum absolute atomic E-state index is 9.92. The molecule has 1 saturated heterocycles. The molecular weight excluding hydrogens is 292 g/mol. The number of hydrogen-bond donors (Lipinski definition) is 5. The van der Waals surface area contributed by atoms with Crippen LogP contribution in [0.5, 0.6) is 11.5 Å². The molecule has 0 bridgehead atoms. The number of aliphatic hydroxyl groups excluding tert-OH is 4. The second-order valence-corrected chi connectivity index (χ2v) is 5.11. The van der Waals surface area contributed by atoms with Crippen LogP contribution >= 0.6 is 0 Å². The van der Waals surface area contributed by atoms with Gasteiger partial charge in [-0.05, 0) is 24.1 Å². The molecule has 22 heavy (non-hydrogen) atoms. The number of allylic oxidation sites excluding steroid dienone is 1. The first-order chi connectivity index (χ1) is 10.5. The Balaban J connectivity index is 2.13. The standard InChI is InChI=1S/C15H20O7/c1-2-3-8-4-5-10(9(17)6-8)21-15-14(20)13(19)12(18)11(7-16)22-15/h2,4-6,11-20H,1,3,7H2/t11-,12-,13+,14-,15-/m1/s1. The molecule has 122 valence electrons. The Bertz CT molecular complexity index is 517. The molecule has 0 saturated carbocycles. The van der Waals surface area contributed by atoms with Gasteiger partial charge in [-0.3, -0.25) is 0 Å². The smallest absolute Gasteiger partial charge is 0.229 e. The molecule has 0 amide bonds. The minimum absolute atomic E-state index is 0.0529. The fourth-order valence-corrected chi connectivity index (χ4v) is 2.25. The van der Waals surface area contributed by atoms with Crippen molar-refractivity contribution in [3.05, 3.63) is 36.4 Å². The second-order valence-electron chi connectivity index (χ2n) is 5.11. The van der Waals surface area contributed by atoms with E-state index in [1.807, 2.05) is 0 Å². The van der Waals surface area contributed by atoms with Crippen molar-refractivity contribution in [2.45, 2.75) is 37.1 Å². The summed E-state index contributed by atoms with van der Waals surface area (Å²) >= 11 is 0. The van der Waals surface area contributed by atoms with Gasteiger partial charge in [0.05, 0.1) is 6.61 Å². The van der Waals surface area contributed by atoms with Crippen molar-refractivity contribution >= 4 is 0 Å². The third-order valence-electron chi connectivity index (χ3n) is 3.49. The monoisotopic (exact) mass is 312 g/mol. The van der Waals surface area contributed by atoms with E-state index in [2.05, 4.69) is 6.58 Å². The first-order valence-electron chi connectivity index (χ1n) is 6.88. The van der Waals surface area contributed by atoms with Crippen LogP contribution in [-0.2, 0) is 11.2 Å². The average Bonchev–Trinajstić information content (AvgIpc) is 2.50. The molecule has 0 aromatic heterocycles. The molecule has 0 unspecified atom stereocenters. The van der Waals surface area contributed by atoms with Crippen molar-refractivity contribution in [1.29, 1.82) is 0 Å². The molecule has 5 atom stereocenters. The highest BCUT2D eigenvalue weighted by molar-refractivity contribution is 5.42. The van der Waals surface area contributed by atoms with Gasteiger partial charge < -0.3 is 35.0 Å². The lowest BCUT2D eigenvalue weighted by Gasteiger charge is -2.39. The third-order valence-corrected chi connectivity index (χ3v) is 3.49. The molecule has 1 heterocycles. The summed E-state index contributed by atoms with van der Waals surface area (Å²) < 4.78 is 10.6. The van der Waals surface area contributed by atoms with E-state index in [1.54, 1.807) is 12.1 Å². The number of phenolic OH excluding ortho intramolecular Hbond substituents is 1. The van der Waals surface area contributed by atoms with E-state index in [0.29, 0.717) is 6.42 Å². The molecule has 0 aliphatic carbocycles. The Morgan fingerprint density at radius 3 is 2.50 bits per heavy atom. The molecule has 0 radical (unpaired) electrons. The number of ether oxygens (including phenoxy) is 2. The van der Waals surface area contributed by atoms with Crippen LogP contribution in [0, 0.1) is 0 Å². The molecule has 1 fully saturated rings. The fraction of sp³-hybridized carbons (Fsp3) is 0.467. The summed E-state index contributed by atoms with van der Waals surface area (Å²) in [4.78, 5) is 0. The van der Waals surface area contributed by atoms with Gasteiger partial charge in [0, 0.05) is 0 Å². The van der Waals surface area contributed by atoms with Gasteiger partial charge in [0.25, 0.3) is 0 Å². The molecule has 1 aliphatic rings. The van der Waals surface area contributed by atoms with E-state index >= 15 is 0 Å². The normalized spacial score (nSPS) is 31.7. The van der Waals surface area contributed by atoms with E-state index in [0.717, 1.165) is 5.56 Å². The largest absolute Gasteiger partial charge is 0.504 e. The number of hydrogen-bond acceptors (Lipinski definition) is 7. The summed E-state index contributed by atoms with van der Waals surface area (Å²) in [6.45, 7) is 3.06. The van der Waals surface area contributed by atoms with Crippen LogP contribution in [0.2, 0.25) is 0 Å². The van der Waals surface area contributed by atoms with Gasteiger partial charge in [0.15, 0.2) is 11.5 Å². The quantitative estimate of drug-likeness (QED) is 0.456. The average molecular weight is 312 g/mol. The van der Waals surface area contributed by atoms with Crippen LogP contribution in [0.3, 0.4) is 0 Å². The number of benzene rings is 1. The lowest BCUT2D eigenvalue weighted by molar-refractivity contribution is -0.277. The Hall–Kier alpha value is -1.64. The number of aromatic hydroxyl groups is 1. The fourth-order valence-electron chi connectivity index (χ4n) is 2.25. The first-order valence-corrected chi connectivity index (χ1v) is 6.88. The number of phenols is 1. The SMILES string of the molecule is C=CCc1ccc(O[C@@H]2O[C@H](CO)[C@@H](O)[C@H](O)[C@H]2O)c(O)c1. The maximum atomic E-state index is 9.92. The highest BCUT2D eigenvalue weighted by Crippen LogP contribution is 2.31. The summed E-state index contributed by atoms with van der Waals surface area (Å²) in [6.07, 6.45) is -4.63. The summed E-state index contributed by atoms with van der Waals surface area (Å²) in [5.74, 6) is -0.103. The Labute approximate surface area is 127 Å². The molecule has 2 rings (SSSR count). The van der Waals surface area contributed by atoms with Gasteiger partial charge in [-0.25, -0.2) is 0 Å². The molecular formula is C15H20O7. The molecule has 7 heteroatoms. The minimum atomic E-state index is -1.53. The predicted octanol–water partition coefficient (Wildman–Crippen LogP) is -0.701. The van der Waals surface area contributed by atoms with Gasteiger partial charge >= 0.3 is 0 Å². The highest BCUT2D eigenvalue weighted by atomic mass is 16.7. The third kappa shape index (κ3) is 3.40. The van der Waals surface area contributed by atoms with Crippen LogP contribution in [0.15, 0.2) is 30.9 Å². The minimum Gasteiger partial charge on any atom is -0.504 e. The van der Waals surface area contributed by atoms with Gasteiger partial charge in [-0.2, -0.15) is 0 Å². The van der Waals surface area contributed by atoms with E-state index < -0.39 is 37.3 Å². The van der Waals surface area contributed by atoms with Crippen LogP contribution < -0.4 is 4.74 Å². The van der Waals surface area contributed by atoms with E-state index in [-0.39, 0.29) is 11.5 Å². The van der Waals surface area contributed by atoms with Crippen molar-refractivity contribution in [3.63, 3.8) is 0 Å². The second kappa shape index (κ2) is 7.08. The highest BCUT2D eigenvalue weighted by Gasteiger charge is 2.44. The number of rotatable bonds is 5. The van der Waals surface area contributed by atoms with E-state index in [9.17, 15) is 20.4 Å². The van der Waals surface area contributed by atoms with Crippen molar-refractivity contribution in [2.24, 2.45) is 0 Å². The van der Waals surface area contributed by atoms with Crippen molar-refractivity contribution in [3.8, 4) is 11.5 Å². The molecule has 1 aromatic rings. The maximum Gasteiger partial charge on any atom is 0.229 e. The molecule has 7 nitrogen and oxygen atoms in total. The lowest BCUT2D eigenvalue weighted by Crippen LogP contribution is -2.60. The van der Waals surface area contributed by atoms with Gasteiger partial charge in [-0.15, -0.1) is 6.58 Å². The first kappa shape index (κ1) is 16.7. The summed E-state index contributed by atoms with van der Waals surface area (Å²) in [5.41, 5.74) is 0.827. The Morgan fingerprint density at radius 1 is 1.18 bits per heavy atom. The summed E-state index contributed by atoms with van der Waals surface area (Å²) in [5, 5.41) is 48.3. The van der Waals surface area contributed by atoms with Crippen LogP contribution in [0.4, 0.5) is 0 Å². The van der Waals surface area contributed by atoms with Crippen molar-refractivity contribution < 1.29 is 35.0 Å². The summed E-state index contributed by atoms with van der Waals surface area (Å²) in [6, 6.07) is 4.69. The van der Waals surface area contributed by atoms with Crippen molar-refractivity contribution in [2.75, 3.05) is 6.61 Å². The Morgan fingerprint density at radius 2 is 1.91 bits per heavy atom. The molecule has 5 N–H and O–H groups in total. The Kier molecular flexibility index (Phi) is 5.38. The zero-order valence-corrected chi connectivity index (χ0v) is 11.9. The molecule has 1 aromatic carbocycles. The molecule has 0 spiro atoms. The topological polar surface area (TPSA) is 120 Å². The molecule has 1 aliphatic heterocycles. The van der Waals surface area contributed by atoms with Gasteiger partial charge in [0.1, 0.15) is 24.4 Å². The predicted molar refractivity (Wildman–Crippen MR) is 76.4 cm³/mol. The zero-order valence-electron chi connectivity index (χ0n) is 11.9. The van der Waals surface area contributed by atoms with Crippen LogP contribution in [-0.4, -0.2) is 62.8 Å². The summed E-state index contributed by atoms with van der Waals surface area (Å²) in [7, 11) is 0. The van der Waals surface area contributed by atoms with E-state index in [4.69, 9.17) is 14.6 Å². The lowest BCUT2D eigenvalue weighted by atomic mass is 9.99. The zero-order chi connectivity index (χ0) is 16.3. The van der Waals surface area contributed by atoms with Crippen molar-refractivity contribution in [1.82, 2.24) is 0 Å². The van der Waals surface area contributed by atoms with E-state index in [1.165, 1.54) is 12.1 Å². The van der Waals surface area contributed by atoms with Gasteiger partial charge in [0.2, 0.25) is 6.29 Å². The van der Waals surface area contributed by atoms with Crippen LogP contribution in [0.25, 0.3) is 0 Å².